The number of carbonyl (C=O) groups excluding carboxylic acids is 2. The number of anilines is 1. The first-order chi connectivity index (χ1) is 14.5. The number of carbonyl (C=O) groups is 2. The molecule has 2 aromatic rings. The third kappa shape index (κ3) is 5.91. The van der Waals surface area contributed by atoms with Gasteiger partial charge in [0, 0.05) is 63.0 Å². The average molecular weight is 408 g/mol. The van der Waals surface area contributed by atoms with Crippen LogP contribution in [-0.2, 0) is 9.59 Å². The lowest BCUT2D eigenvalue weighted by Crippen LogP contribution is -2.49. The molecule has 2 aromatic carbocycles. The Balaban J connectivity index is 1.38. The molecule has 1 fully saturated rings. The van der Waals surface area contributed by atoms with Crippen molar-refractivity contribution >= 4 is 29.3 Å². The lowest BCUT2D eigenvalue weighted by Gasteiger charge is -2.36. The van der Waals surface area contributed by atoms with Crippen molar-refractivity contribution in [2.24, 2.45) is 0 Å². The molecule has 0 aromatic heterocycles. The molecule has 0 radical (unpaired) electrons. The molecule has 8 nitrogen and oxygen atoms in total. The van der Waals surface area contributed by atoms with Gasteiger partial charge in [-0.15, -0.1) is 0 Å². The molecular formula is C22H24N4O4. The summed E-state index contributed by atoms with van der Waals surface area (Å²) in [5.41, 5.74) is 1.91. The number of nitro benzene ring substituents is 1. The summed E-state index contributed by atoms with van der Waals surface area (Å²) in [6.07, 6.45) is 3.44. The Morgan fingerprint density at radius 3 is 2.30 bits per heavy atom. The monoisotopic (exact) mass is 408 g/mol. The molecule has 0 unspecified atom stereocenters. The molecule has 1 N–H and O–H groups in total. The third-order valence-electron chi connectivity index (χ3n) is 4.92. The number of nitrogens with one attached hydrogen (secondary N) is 1. The molecule has 8 heteroatoms. The van der Waals surface area contributed by atoms with Crippen molar-refractivity contribution in [1.82, 2.24) is 10.2 Å². The van der Waals surface area contributed by atoms with E-state index in [0.29, 0.717) is 32.7 Å². The quantitative estimate of drug-likeness (QED) is 0.431. The maximum Gasteiger partial charge on any atom is 0.269 e. The van der Waals surface area contributed by atoms with Crippen LogP contribution in [0.2, 0.25) is 0 Å². The number of nitro groups is 1. The summed E-state index contributed by atoms with van der Waals surface area (Å²) < 4.78 is 0. The topological polar surface area (TPSA) is 95.8 Å². The first kappa shape index (κ1) is 21.0. The standard InChI is InChI=1S/C22H24N4O4/c27-21(11-6-18-4-2-1-3-5-18)23-13-12-22(28)25-16-14-24(15-17-25)19-7-9-20(10-8-19)26(29)30/h1-11H,12-17H2,(H,23,27)/b11-6+. The number of piperazine rings is 1. The second-order valence-electron chi connectivity index (χ2n) is 6.93. The van der Waals surface area contributed by atoms with Gasteiger partial charge in [-0.1, -0.05) is 30.3 Å². The summed E-state index contributed by atoms with van der Waals surface area (Å²) in [5.74, 6) is -0.222. The van der Waals surface area contributed by atoms with Gasteiger partial charge in [0.25, 0.3) is 5.69 Å². The SMILES string of the molecule is O=C(/C=C/c1ccccc1)NCCC(=O)N1CCN(c2ccc([N+](=O)[O-])cc2)CC1. The minimum atomic E-state index is -0.420. The smallest absolute Gasteiger partial charge is 0.269 e. The summed E-state index contributed by atoms with van der Waals surface area (Å²) in [5, 5.41) is 13.5. The van der Waals surface area contributed by atoms with E-state index in [1.807, 2.05) is 30.3 Å². The molecular weight excluding hydrogens is 384 g/mol. The molecule has 1 heterocycles. The number of rotatable bonds is 7. The minimum absolute atomic E-state index is 0.00527. The van der Waals surface area contributed by atoms with Crippen LogP contribution in [0.1, 0.15) is 12.0 Å². The fourth-order valence-electron chi connectivity index (χ4n) is 3.24. The number of hydrogen-bond acceptors (Lipinski definition) is 5. The number of non-ortho nitro benzene ring substituents is 1. The molecule has 3 rings (SSSR count). The van der Waals surface area contributed by atoms with Crippen LogP contribution in [0.5, 0.6) is 0 Å². The fraction of sp³-hybridized carbons (Fsp3) is 0.273. The van der Waals surface area contributed by atoms with E-state index in [2.05, 4.69) is 10.2 Å². The second kappa shape index (κ2) is 10.2. The Hall–Kier alpha value is -3.68. The van der Waals surface area contributed by atoms with Crippen molar-refractivity contribution in [3.05, 3.63) is 76.4 Å². The van der Waals surface area contributed by atoms with Crippen molar-refractivity contribution in [3.8, 4) is 0 Å². The van der Waals surface area contributed by atoms with E-state index in [1.165, 1.54) is 18.2 Å². The summed E-state index contributed by atoms with van der Waals surface area (Å²) in [6, 6.07) is 16.0. The van der Waals surface area contributed by atoms with E-state index in [-0.39, 0.29) is 23.9 Å². The molecule has 0 saturated carbocycles. The van der Waals surface area contributed by atoms with E-state index in [1.54, 1.807) is 23.1 Å². The molecule has 1 aliphatic heterocycles. The molecule has 30 heavy (non-hydrogen) atoms. The van der Waals surface area contributed by atoms with Gasteiger partial charge in [0.2, 0.25) is 11.8 Å². The highest BCUT2D eigenvalue weighted by molar-refractivity contribution is 5.92. The largest absolute Gasteiger partial charge is 0.368 e. The van der Waals surface area contributed by atoms with E-state index >= 15 is 0 Å². The highest BCUT2D eigenvalue weighted by atomic mass is 16.6. The Morgan fingerprint density at radius 2 is 1.67 bits per heavy atom. The van der Waals surface area contributed by atoms with Gasteiger partial charge in [0.1, 0.15) is 0 Å². The van der Waals surface area contributed by atoms with E-state index in [9.17, 15) is 19.7 Å². The van der Waals surface area contributed by atoms with Crippen molar-refractivity contribution in [1.29, 1.82) is 0 Å². The van der Waals surface area contributed by atoms with Gasteiger partial charge in [0.05, 0.1) is 4.92 Å². The normalized spacial score (nSPS) is 14.0. The van der Waals surface area contributed by atoms with Crippen LogP contribution in [0.15, 0.2) is 60.7 Å². The van der Waals surface area contributed by atoms with Gasteiger partial charge < -0.3 is 15.1 Å². The zero-order valence-electron chi connectivity index (χ0n) is 16.6. The van der Waals surface area contributed by atoms with Gasteiger partial charge in [-0.3, -0.25) is 19.7 Å². The van der Waals surface area contributed by atoms with Gasteiger partial charge in [-0.2, -0.15) is 0 Å². The highest BCUT2D eigenvalue weighted by Crippen LogP contribution is 2.20. The minimum Gasteiger partial charge on any atom is -0.368 e. The Kier molecular flexibility index (Phi) is 7.15. The molecule has 0 atom stereocenters. The van der Waals surface area contributed by atoms with Gasteiger partial charge in [-0.05, 0) is 23.8 Å². The number of nitrogens with zero attached hydrogens (tertiary/aromatic N) is 3. The van der Waals surface area contributed by atoms with Gasteiger partial charge >= 0.3 is 0 Å². The van der Waals surface area contributed by atoms with Crippen LogP contribution in [0.25, 0.3) is 6.08 Å². The second-order valence-corrected chi connectivity index (χ2v) is 6.93. The summed E-state index contributed by atoms with van der Waals surface area (Å²) >= 11 is 0. The van der Waals surface area contributed by atoms with Crippen molar-refractivity contribution in [2.75, 3.05) is 37.6 Å². The van der Waals surface area contributed by atoms with Crippen molar-refractivity contribution in [3.63, 3.8) is 0 Å². The summed E-state index contributed by atoms with van der Waals surface area (Å²) in [4.78, 5) is 38.5. The van der Waals surface area contributed by atoms with E-state index in [0.717, 1.165) is 11.3 Å². The first-order valence-electron chi connectivity index (χ1n) is 9.81. The molecule has 2 amide bonds. The van der Waals surface area contributed by atoms with E-state index in [4.69, 9.17) is 0 Å². The van der Waals surface area contributed by atoms with Crippen molar-refractivity contribution in [2.45, 2.75) is 6.42 Å². The van der Waals surface area contributed by atoms with Crippen LogP contribution < -0.4 is 10.2 Å². The predicted molar refractivity (Wildman–Crippen MR) is 115 cm³/mol. The van der Waals surface area contributed by atoms with Gasteiger partial charge in [-0.25, -0.2) is 0 Å². The third-order valence-corrected chi connectivity index (χ3v) is 4.92. The van der Waals surface area contributed by atoms with Crippen LogP contribution in [0, 0.1) is 10.1 Å². The zero-order valence-corrected chi connectivity index (χ0v) is 16.6. The molecule has 1 aliphatic rings. The zero-order chi connectivity index (χ0) is 21.3. The van der Waals surface area contributed by atoms with Crippen LogP contribution in [0.4, 0.5) is 11.4 Å². The van der Waals surface area contributed by atoms with Gasteiger partial charge in [0.15, 0.2) is 0 Å². The summed E-state index contributed by atoms with van der Waals surface area (Å²) in [6.45, 7) is 2.78. The summed E-state index contributed by atoms with van der Waals surface area (Å²) in [7, 11) is 0. The van der Waals surface area contributed by atoms with E-state index < -0.39 is 4.92 Å². The lowest BCUT2D eigenvalue weighted by molar-refractivity contribution is -0.384. The van der Waals surface area contributed by atoms with Crippen LogP contribution in [0.3, 0.4) is 0 Å². The number of amides is 2. The predicted octanol–water partition coefficient (Wildman–Crippen LogP) is 2.46. The Morgan fingerprint density at radius 1 is 1.00 bits per heavy atom. The lowest BCUT2D eigenvalue weighted by atomic mass is 10.2. The maximum absolute atomic E-state index is 12.4. The number of hydrogen-bond donors (Lipinski definition) is 1. The highest BCUT2D eigenvalue weighted by Gasteiger charge is 2.21. The Labute approximate surface area is 174 Å². The molecule has 156 valence electrons. The fourth-order valence-corrected chi connectivity index (χ4v) is 3.24. The average Bonchev–Trinajstić information content (AvgIpc) is 2.78. The molecule has 1 saturated heterocycles. The molecule has 0 aliphatic carbocycles. The molecule has 0 spiro atoms. The van der Waals surface area contributed by atoms with Crippen LogP contribution >= 0.6 is 0 Å². The number of benzene rings is 2. The van der Waals surface area contributed by atoms with Crippen molar-refractivity contribution < 1.29 is 14.5 Å². The maximum atomic E-state index is 12.4. The molecule has 0 bridgehead atoms. The van der Waals surface area contributed by atoms with Crippen LogP contribution in [-0.4, -0.2) is 54.4 Å². The Bertz CT molecular complexity index is 904. The first-order valence-corrected chi connectivity index (χ1v) is 9.81.